The van der Waals surface area contributed by atoms with Crippen LogP contribution in [0.5, 0.6) is 23.0 Å². The van der Waals surface area contributed by atoms with Crippen molar-refractivity contribution in [3.63, 3.8) is 0 Å². The van der Waals surface area contributed by atoms with Gasteiger partial charge in [-0.1, -0.05) is 6.07 Å². The second-order valence-corrected chi connectivity index (χ2v) is 6.98. The third-order valence-corrected chi connectivity index (χ3v) is 4.98. The average Bonchev–Trinajstić information content (AvgIpc) is 2.70. The summed E-state index contributed by atoms with van der Waals surface area (Å²) < 4.78 is 42.2. The van der Waals surface area contributed by atoms with Gasteiger partial charge in [0.15, 0.2) is 23.0 Å². The summed E-state index contributed by atoms with van der Waals surface area (Å²) in [5, 5.41) is 26.9. The minimum Gasteiger partial charge on any atom is -0.504 e. The van der Waals surface area contributed by atoms with Crippen LogP contribution < -0.4 is 9.47 Å². The zero-order chi connectivity index (χ0) is 23.3. The van der Waals surface area contributed by atoms with Gasteiger partial charge in [-0.15, -0.1) is 0 Å². The van der Waals surface area contributed by atoms with Crippen molar-refractivity contribution in [2.45, 2.75) is 25.1 Å². The summed E-state index contributed by atoms with van der Waals surface area (Å²) in [6.45, 7) is 0.929. The quantitative estimate of drug-likeness (QED) is 0.665. The first kappa shape index (κ1) is 24.1. The average molecular weight is 443 g/mol. The molecule has 0 aliphatic carbocycles. The van der Waals surface area contributed by atoms with E-state index in [0.717, 1.165) is 30.5 Å². The number of aliphatic carboxylic acids is 1. The molecule has 1 unspecified atom stereocenters. The molecule has 3 N–H and O–H groups in total. The van der Waals surface area contributed by atoms with Crippen LogP contribution >= 0.6 is 0 Å². The summed E-state index contributed by atoms with van der Waals surface area (Å²) >= 11 is 0. The Kier molecular flexibility index (Phi) is 7.61. The molecule has 1 aliphatic heterocycles. The Balaban J connectivity index is 0.000000423. The number of fused-ring (bicyclic) bond motifs is 1. The fourth-order valence-electron chi connectivity index (χ4n) is 3.35. The van der Waals surface area contributed by atoms with Crippen molar-refractivity contribution in [2.24, 2.45) is 0 Å². The standard InChI is InChI=1S/C19H23NO4.C2HF3O2/c1-20-7-6-13-10-17(22)19(24-3)11-14(13)15(20)8-12-4-5-16(21)18(9-12)23-2;3-2(4,5)1(6)7/h4-5,9-11,15,21-22H,6-8H2,1-3H3;(H,6,7). The number of halogens is 3. The number of nitrogens with zero attached hydrogens (tertiary/aromatic N) is 1. The minimum absolute atomic E-state index is 0.144. The van der Waals surface area contributed by atoms with E-state index in [0.29, 0.717) is 11.5 Å². The molecule has 0 saturated heterocycles. The monoisotopic (exact) mass is 443 g/mol. The van der Waals surface area contributed by atoms with Crippen molar-refractivity contribution in [1.29, 1.82) is 0 Å². The second kappa shape index (κ2) is 9.78. The van der Waals surface area contributed by atoms with Gasteiger partial charge in [0, 0.05) is 12.6 Å². The fourth-order valence-corrected chi connectivity index (χ4v) is 3.35. The summed E-state index contributed by atoms with van der Waals surface area (Å²) in [6.07, 6.45) is -3.40. The van der Waals surface area contributed by atoms with Gasteiger partial charge in [-0.05, 0) is 60.8 Å². The lowest BCUT2D eigenvalue weighted by atomic mass is 9.88. The Morgan fingerprint density at radius 2 is 1.68 bits per heavy atom. The summed E-state index contributed by atoms with van der Waals surface area (Å²) in [7, 11) is 5.22. The number of hydrogen-bond acceptors (Lipinski definition) is 6. The zero-order valence-corrected chi connectivity index (χ0v) is 17.2. The highest BCUT2D eigenvalue weighted by atomic mass is 19.4. The van der Waals surface area contributed by atoms with Gasteiger partial charge in [0.05, 0.1) is 14.2 Å². The molecule has 7 nitrogen and oxygen atoms in total. The van der Waals surface area contributed by atoms with Gasteiger partial charge in [0.1, 0.15) is 0 Å². The Hall–Kier alpha value is -3.14. The molecule has 2 aromatic rings. The first-order valence-corrected chi connectivity index (χ1v) is 9.24. The second-order valence-electron chi connectivity index (χ2n) is 6.98. The van der Waals surface area contributed by atoms with Crippen LogP contribution in [0.25, 0.3) is 0 Å². The van der Waals surface area contributed by atoms with Crippen molar-refractivity contribution in [2.75, 3.05) is 27.8 Å². The van der Waals surface area contributed by atoms with E-state index in [2.05, 4.69) is 11.9 Å². The number of hydrogen-bond donors (Lipinski definition) is 3. The smallest absolute Gasteiger partial charge is 0.490 e. The highest BCUT2D eigenvalue weighted by molar-refractivity contribution is 5.73. The molecule has 0 bridgehead atoms. The van der Waals surface area contributed by atoms with Crippen LogP contribution in [0.2, 0.25) is 0 Å². The predicted octanol–water partition coefficient (Wildman–Crippen LogP) is 3.52. The van der Waals surface area contributed by atoms with E-state index in [-0.39, 0.29) is 17.5 Å². The van der Waals surface area contributed by atoms with Gasteiger partial charge < -0.3 is 24.8 Å². The van der Waals surface area contributed by atoms with Crippen LogP contribution in [0.15, 0.2) is 30.3 Å². The van der Waals surface area contributed by atoms with Gasteiger partial charge in [-0.2, -0.15) is 13.2 Å². The van der Waals surface area contributed by atoms with E-state index >= 15 is 0 Å². The summed E-state index contributed by atoms with van der Waals surface area (Å²) in [4.78, 5) is 11.2. The van der Waals surface area contributed by atoms with Crippen LogP contribution in [0, 0.1) is 0 Å². The third kappa shape index (κ3) is 5.94. The van der Waals surface area contributed by atoms with Crippen LogP contribution in [-0.4, -0.2) is 60.2 Å². The number of carboxylic acids is 1. The Morgan fingerprint density at radius 1 is 1.10 bits per heavy atom. The normalized spacial score (nSPS) is 16.0. The van der Waals surface area contributed by atoms with E-state index in [4.69, 9.17) is 19.4 Å². The number of likely N-dealkylation sites (N-methyl/N-ethyl adjacent to an activating group) is 1. The number of carboxylic acid groups (broad SMARTS) is 1. The maximum atomic E-state index is 10.6. The molecule has 3 rings (SSSR count). The van der Waals surface area contributed by atoms with Crippen molar-refractivity contribution in [3.8, 4) is 23.0 Å². The van der Waals surface area contributed by atoms with Crippen LogP contribution in [0.3, 0.4) is 0 Å². The van der Waals surface area contributed by atoms with E-state index in [1.165, 1.54) is 5.56 Å². The molecule has 0 amide bonds. The molecule has 0 spiro atoms. The summed E-state index contributed by atoms with van der Waals surface area (Å²) in [5.41, 5.74) is 3.41. The Morgan fingerprint density at radius 3 is 2.23 bits per heavy atom. The van der Waals surface area contributed by atoms with Gasteiger partial charge >= 0.3 is 12.1 Å². The van der Waals surface area contributed by atoms with E-state index < -0.39 is 12.1 Å². The zero-order valence-electron chi connectivity index (χ0n) is 17.2. The summed E-state index contributed by atoms with van der Waals surface area (Å²) in [6, 6.07) is 9.37. The lowest BCUT2D eigenvalue weighted by Crippen LogP contribution is -2.33. The van der Waals surface area contributed by atoms with Gasteiger partial charge in [0.25, 0.3) is 0 Å². The lowest BCUT2D eigenvalue weighted by molar-refractivity contribution is -0.192. The molecule has 2 aromatic carbocycles. The number of benzene rings is 2. The fraction of sp³-hybridized carbons (Fsp3) is 0.381. The van der Waals surface area contributed by atoms with E-state index in [1.807, 2.05) is 24.3 Å². The summed E-state index contributed by atoms with van der Waals surface area (Å²) in [5.74, 6) is -1.45. The molecule has 0 radical (unpaired) electrons. The molecule has 1 atom stereocenters. The molecule has 31 heavy (non-hydrogen) atoms. The predicted molar refractivity (Wildman–Crippen MR) is 106 cm³/mol. The number of phenolic OH excluding ortho intramolecular Hbond substituents is 2. The number of ether oxygens (including phenoxy) is 2. The van der Waals surface area contributed by atoms with Gasteiger partial charge in [-0.25, -0.2) is 4.79 Å². The van der Waals surface area contributed by atoms with Crippen LogP contribution in [0.4, 0.5) is 13.2 Å². The molecule has 1 heterocycles. The van der Waals surface area contributed by atoms with Crippen LogP contribution in [0.1, 0.15) is 22.7 Å². The molecular formula is C21H24F3NO6. The number of alkyl halides is 3. The topological polar surface area (TPSA) is 99.5 Å². The van der Waals surface area contributed by atoms with E-state index in [1.54, 1.807) is 20.3 Å². The molecule has 0 saturated carbocycles. The lowest BCUT2D eigenvalue weighted by Gasteiger charge is -2.35. The van der Waals surface area contributed by atoms with Crippen LogP contribution in [-0.2, 0) is 17.6 Å². The minimum atomic E-state index is -5.08. The van der Waals surface area contributed by atoms with Crippen molar-refractivity contribution in [1.82, 2.24) is 4.90 Å². The number of methoxy groups -OCH3 is 2. The largest absolute Gasteiger partial charge is 0.504 e. The SMILES string of the molecule is COc1cc(CC2c3cc(OC)c(O)cc3CCN2C)ccc1O.O=C(O)C(F)(F)F. The molecule has 170 valence electrons. The number of carbonyl (C=O) groups is 1. The highest BCUT2D eigenvalue weighted by Crippen LogP contribution is 2.39. The van der Waals surface area contributed by atoms with Gasteiger partial charge in [0.2, 0.25) is 0 Å². The molecule has 0 fully saturated rings. The maximum absolute atomic E-state index is 10.6. The Labute approximate surface area is 177 Å². The van der Waals surface area contributed by atoms with E-state index in [9.17, 15) is 23.4 Å². The first-order valence-electron chi connectivity index (χ1n) is 9.24. The number of aromatic hydroxyl groups is 2. The maximum Gasteiger partial charge on any atom is 0.490 e. The third-order valence-electron chi connectivity index (χ3n) is 4.98. The van der Waals surface area contributed by atoms with Gasteiger partial charge in [-0.3, -0.25) is 4.90 Å². The number of phenols is 2. The highest BCUT2D eigenvalue weighted by Gasteiger charge is 2.38. The van der Waals surface area contributed by atoms with Crippen molar-refractivity contribution >= 4 is 5.97 Å². The number of rotatable bonds is 4. The first-order chi connectivity index (χ1) is 14.5. The molecule has 10 heteroatoms. The molecule has 1 aliphatic rings. The Bertz CT molecular complexity index is 932. The molecular weight excluding hydrogens is 419 g/mol. The molecule has 0 aromatic heterocycles. The van der Waals surface area contributed by atoms with Crippen molar-refractivity contribution in [3.05, 3.63) is 47.0 Å². The van der Waals surface area contributed by atoms with Crippen molar-refractivity contribution < 1.29 is 42.8 Å².